The molecule has 0 spiro atoms. The van der Waals surface area contributed by atoms with Crippen LogP contribution in [0.25, 0.3) is 0 Å². The predicted octanol–water partition coefficient (Wildman–Crippen LogP) is 2.70. The summed E-state index contributed by atoms with van der Waals surface area (Å²) in [5, 5.41) is 6.17. The zero-order valence-corrected chi connectivity index (χ0v) is 11.6. The number of benzene rings is 1. The van der Waals surface area contributed by atoms with Crippen LogP contribution in [0.4, 0.5) is 5.69 Å². The van der Waals surface area contributed by atoms with Crippen LogP contribution in [0.1, 0.15) is 25.7 Å². The van der Waals surface area contributed by atoms with Crippen LogP contribution in [-0.4, -0.2) is 24.7 Å². The van der Waals surface area contributed by atoms with Gasteiger partial charge in [0.25, 0.3) is 0 Å². The van der Waals surface area contributed by atoms with Crippen molar-refractivity contribution >= 4 is 24.2 Å². The average molecular weight is 266 g/mol. The lowest BCUT2D eigenvalue weighted by molar-refractivity contribution is -0.116. The number of carbonyl (C=O) groups is 1. The molecular weight excluding hydrogens is 244 g/mol. The first-order valence-electron chi connectivity index (χ1n) is 6.49. The van der Waals surface area contributed by atoms with E-state index in [-0.39, 0.29) is 5.91 Å². The second-order valence-corrected chi connectivity index (χ2v) is 4.65. The fourth-order valence-electron chi connectivity index (χ4n) is 1.66. The van der Waals surface area contributed by atoms with Crippen LogP contribution in [0.3, 0.4) is 0 Å². The molecule has 0 heterocycles. The molecule has 2 N–H and O–H groups in total. The summed E-state index contributed by atoms with van der Waals surface area (Å²) in [5.74, 6) is 0.976. The molecule has 1 aromatic rings. The molecule has 100 valence electrons. The summed E-state index contributed by atoms with van der Waals surface area (Å²) in [4.78, 5) is 11.6. The maximum absolute atomic E-state index is 11.6. The van der Waals surface area contributed by atoms with Crippen LogP contribution >= 0.6 is 12.6 Å². The number of hydrogen-bond acceptors (Lipinski definition) is 3. The van der Waals surface area contributed by atoms with Crippen molar-refractivity contribution in [2.45, 2.75) is 25.7 Å². The van der Waals surface area contributed by atoms with Gasteiger partial charge in [0, 0.05) is 24.4 Å². The molecule has 0 aliphatic carbocycles. The Kier molecular flexibility index (Phi) is 8.34. The Balaban J connectivity index is 2.00. The van der Waals surface area contributed by atoms with E-state index in [9.17, 15) is 4.79 Å². The lowest BCUT2D eigenvalue weighted by atomic mass is 10.2. The highest BCUT2D eigenvalue weighted by molar-refractivity contribution is 7.80. The van der Waals surface area contributed by atoms with Crippen LogP contribution in [0.2, 0.25) is 0 Å². The molecular formula is C14H22N2OS. The van der Waals surface area contributed by atoms with Gasteiger partial charge in [0.1, 0.15) is 0 Å². The lowest BCUT2D eigenvalue weighted by Crippen LogP contribution is -2.17. The Bertz CT molecular complexity index is 330. The van der Waals surface area contributed by atoms with Crippen molar-refractivity contribution in [3.05, 3.63) is 30.3 Å². The van der Waals surface area contributed by atoms with Crippen molar-refractivity contribution in [3.63, 3.8) is 0 Å². The maximum Gasteiger partial charge on any atom is 0.224 e. The van der Waals surface area contributed by atoms with Crippen LogP contribution in [-0.2, 0) is 4.79 Å². The van der Waals surface area contributed by atoms with Crippen molar-refractivity contribution < 1.29 is 4.79 Å². The molecule has 1 rings (SSSR count). The Morgan fingerprint density at radius 2 is 1.83 bits per heavy atom. The number of para-hydroxylation sites is 1. The van der Waals surface area contributed by atoms with Gasteiger partial charge < -0.3 is 10.6 Å². The molecule has 18 heavy (non-hydrogen) atoms. The molecule has 0 bridgehead atoms. The number of thiol groups is 1. The standard InChI is InChI=1S/C14H22N2OS/c17-14(16-13-7-3-1-4-8-13)9-5-2-6-10-15-11-12-18/h1,3-4,7-8,15,18H,2,5-6,9-12H2,(H,16,17). The lowest BCUT2D eigenvalue weighted by Gasteiger charge is -2.05. The summed E-state index contributed by atoms with van der Waals surface area (Å²) in [6.07, 6.45) is 3.75. The van der Waals surface area contributed by atoms with Gasteiger partial charge in [-0.3, -0.25) is 4.79 Å². The number of amides is 1. The van der Waals surface area contributed by atoms with Crippen LogP contribution in [0.5, 0.6) is 0 Å². The first-order chi connectivity index (χ1) is 8.83. The van der Waals surface area contributed by atoms with Crippen LogP contribution in [0.15, 0.2) is 30.3 Å². The second-order valence-electron chi connectivity index (χ2n) is 4.20. The Labute approximate surface area is 115 Å². The van der Waals surface area contributed by atoms with E-state index in [1.54, 1.807) is 0 Å². The molecule has 0 aliphatic heterocycles. The summed E-state index contributed by atoms with van der Waals surface area (Å²) in [6, 6.07) is 9.58. The molecule has 0 atom stereocenters. The van der Waals surface area contributed by atoms with E-state index in [0.717, 1.165) is 43.8 Å². The summed E-state index contributed by atoms with van der Waals surface area (Å²) in [6.45, 7) is 1.97. The van der Waals surface area contributed by atoms with Gasteiger partial charge in [-0.25, -0.2) is 0 Å². The topological polar surface area (TPSA) is 41.1 Å². The molecule has 0 aromatic heterocycles. The van der Waals surface area contributed by atoms with Gasteiger partial charge in [-0.05, 0) is 31.5 Å². The van der Waals surface area contributed by atoms with Gasteiger partial charge in [-0.2, -0.15) is 12.6 Å². The highest BCUT2D eigenvalue weighted by Crippen LogP contribution is 2.07. The summed E-state index contributed by atoms with van der Waals surface area (Å²) in [5.41, 5.74) is 0.873. The van der Waals surface area contributed by atoms with Gasteiger partial charge >= 0.3 is 0 Å². The van der Waals surface area contributed by atoms with E-state index in [2.05, 4.69) is 23.3 Å². The number of hydrogen-bond donors (Lipinski definition) is 3. The third-order valence-corrected chi connectivity index (χ3v) is 2.83. The Morgan fingerprint density at radius 3 is 2.56 bits per heavy atom. The molecule has 0 fully saturated rings. The van der Waals surface area contributed by atoms with Gasteiger partial charge in [0.15, 0.2) is 0 Å². The SMILES string of the molecule is O=C(CCCCCNCCS)Nc1ccccc1. The first-order valence-corrected chi connectivity index (χ1v) is 7.12. The van der Waals surface area contributed by atoms with E-state index in [4.69, 9.17) is 0 Å². The molecule has 1 aromatic carbocycles. The molecule has 0 unspecified atom stereocenters. The average Bonchev–Trinajstić information content (AvgIpc) is 2.39. The monoisotopic (exact) mass is 266 g/mol. The molecule has 0 saturated carbocycles. The van der Waals surface area contributed by atoms with Crippen molar-refractivity contribution in [1.82, 2.24) is 5.32 Å². The fourth-order valence-corrected chi connectivity index (χ4v) is 1.82. The molecule has 4 heteroatoms. The van der Waals surface area contributed by atoms with Crippen LogP contribution < -0.4 is 10.6 Å². The fraction of sp³-hybridized carbons (Fsp3) is 0.500. The van der Waals surface area contributed by atoms with Gasteiger partial charge in [-0.1, -0.05) is 24.6 Å². The highest BCUT2D eigenvalue weighted by atomic mass is 32.1. The van der Waals surface area contributed by atoms with E-state index < -0.39 is 0 Å². The Hall–Kier alpha value is -1.00. The molecule has 0 aliphatic rings. The van der Waals surface area contributed by atoms with Gasteiger partial charge in [-0.15, -0.1) is 0 Å². The van der Waals surface area contributed by atoms with Crippen molar-refractivity contribution in [1.29, 1.82) is 0 Å². The summed E-state index contributed by atoms with van der Waals surface area (Å²) >= 11 is 4.12. The van der Waals surface area contributed by atoms with Crippen molar-refractivity contribution in [3.8, 4) is 0 Å². The number of nitrogens with one attached hydrogen (secondary N) is 2. The normalized spacial score (nSPS) is 10.3. The van der Waals surface area contributed by atoms with Crippen molar-refractivity contribution in [2.24, 2.45) is 0 Å². The highest BCUT2D eigenvalue weighted by Gasteiger charge is 2.01. The molecule has 0 saturated heterocycles. The van der Waals surface area contributed by atoms with E-state index in [0.29, 0.717) is 6.42 Å². The van der Waals surface area contributed by atoms with Crippen molar-refractivity contribution in [2.75, 3.05) is 24.2 Å². The third kappa shape index (κ3) is 7.35. The second kappa shape index (κ2) is 9.97. The van der Waals surface area contributed by atoms with Gasteiger partial charge in [0.2, 0.25) is 5.91 Å². The van der Waals surface area contributed by atoms with Gasteiger partial charge in [0.05, 0.1) is 0 Å². The minimum absolute atomic E-state index is 0.101. The molecule has 0 radical (unpaired) electrons. The minimum atomic E-state index is 0.101. The number of unbranched alkanes of at least 4 members (excludes halogenated alkanes) is 2. The first kappa shape index (κ1) is 15.1. The number of rotatable bonds is 9. The zero-order valence-electron chi connectivity index (χ0n) is 10.7. The van der Waals surface area contributed by atoms with E-state index in [1.165, 1.54) is 0 Å². The summed E-state index contributed by atoms with van der Waals surface area (Å²) < 4.78 is 0. The number of anilines is 1. The maximum atomic E-state index is 11.6. The zero-order chi connectivity index (χ0) is 13.1. The van der Waals surface area contributed by atoms with Crippen LogP contribution in [0, 0.1) is 0 Å². The Morgan fingerprint density at radius 1 is 1.06 bits per heavy atom. The molecule has 1 amide bonds. The molecule has 3 nitrogen and oxygen atoms in total. The summed E-state index contributed by atoms with van der Waals surface area (Å²) in [7, 11) is 0. The predicted molar refractivity (Wildman–Crippen MR) is 80.3 cm³/mol. The third-order valence-electron chi connectivity index (χ3n) is 2.60. The minimum Gasteiger partial charge on any atom is -0.326 e. The van der Waals surface area contributed by atoms with E-state index >= 15 is 0 Å². The number of carbonyl (C=O) groups excluding carboxylic acids is 1. The quantitative estimate of drug-likeness (QED) is 0.475. The largest absolute Gasteiger partial charge is 0.326 e. The smallest absolute Gasteiger partial charge is 0.224 e. The van der Waals surface area contributed by atoms with E-state index in [1.807, 2.05) is 30.3 Å².